The predicted octanol–water partition coefficient (Wildman–Crippen LogP) is 4.88. The second-order valence-corrected chi connectivity index (χ2v) is 12.3. The Balaban J connectivity index is 2.36. The number of rotatable bonds is 27. The van der Waals surface area contributed by atoms with Crippen LogP contribution >= 0.6 is 0 Å². The zero-order chi connectivity index (χ0) is 31.0. The fourth-order valence-corrected chi connectivity index (χ4v) is 5.57. The van der Waals surface area contributed by atoms with Gasteiger partial charge in [-0.15, -0.1) is 0 Å². The van der Waals surface area contributed by atoms with Crippen molar-refractivity contribution in [2.75, 3.05) is 13.2 Å². The van der Waals surface area contributed by atoms with Gasteiger partial charge in [0.25, 0.3) is 0 Å². The average Bonchev–Trinajstić information content (AvgIpc) is 2.98. The molecule has 0 radical (unpaired) electrons. The van der Waals surface area contributed by atoms with E-state index < -0.39 is 49.5 Å². The van der Waals surface area contributed by atoms with Gasteiger partial charge in [0.15, 0.2) is 6.29 Å². The molecule has 250 valence electrons. The molecule has 9 nitrogen and oxygen atoms in total. The number of aliphatic hydroxyl groups is 5. The van der Waals surface area contributed by atoms with Crippen molar-refractivity contribution in [1.29, 1.82) is 0 Å². The van der Waals surface area contributed by atoms with Gasteiger partial charge in [0, 0.05) is 6.42 Å². The summed E-state index contributed by atoms with van der Waals surface area (Å²) < 4.78 is 11.1. The smallest absolute Gasteiger partial charge is 0.220 e. The van der Waals surface area contributed by atoms with Crippen molar-refractivity contribution in [1.82, 2.24) is 5.32 Å². The minimum atomic E-state index is -1.54. The SMILES string of the molecule is CCCCCCCCCCCCCCCCC(=O)NC(COC1OC(CO)C(O)C(O)C1O)C(O)CCCCCCC. The van der Waals surface area contributed by atoms with Gasteiger partial charge in [-0.05, 0) is 12.8 Å². The van der Waals surface area contributed by atoms with Crippen LogP contribution in [0.1, 0.15) is 149 Å². The van der Waals surface area contributed by atoms with E-state index in [2.05, 4.69) is 19.2 Å². The maximum absolute atomic E-state index is 12.7. The highest BCUT2D eigenvalue weighted by molar-refractivity contribution is 5.76. The summed E-state index contributed by atoms with van der Waals surface area (Å²) in [6, 6.07) is -0.706. The van der Waals surface area contributed by atoms with Gasteiger partial charge in [0.1, 0.15) is 24.4 Å². The van der Waals surface area contributed by atoms with E-state index in [-0.39, 0.29) is 12.5 Å². The first-order chi connectivity index (χ1) is 20.3. The third-order valence-electron chi connectivity index (χ3n) is 8.46. The van der Waals surface area contributed by atoms with Crippen LogP contribution in [-0.4, -0.2) is 87.5 Å². The Morgan fingerprint density at radius 3 is 1.69 bits per heavy atom. The first-order valence-electron chi connectivity index (χ1n) is 17.2. The fraction of sp³-hybridized carbons (Fsp3) is 0.970. The Bertz CT molecular complexity index is 637. The monoisotopic (exact) mass is 603 g/mol. The molecule has 6 N–H and O–H groups in total. The van der Waals surface area contributed by atoms with Crippen LogP contribution in [-0.2, 0) is 14.3 Å². The third kappa shape index (κ3) is 17.5. The maximum atomic E-state index is 12.7. The van der Waals surface area contributed by atoms with E-state index in [0.29, 0.717) is 12.8 Å². The van der Waals surface area contributed by atoms with Crippen molar-refractivity contribution >= 4 is 5.91 Å². The summed E-state index contributed by atoms with van der Waals surface area (Å²) in [5, 5.41) is 53.5. The molecule has 1 aliphatic heterocycles. The molecule has 0 aromatic carbocycles. The molecule has 7 unspecified atom stereocenters. The number of carbonyl (C=O) groups excluding carboxylic acids is 1. The van der Waals surface area contributed by atoms with E-state index in [1.54, 1.807) is 0 Å². The minimum absolute atomic E-state index is 0.136. The van der Waals surface area contributed by atoms with Gasteiger partial charge >= 0.3 is 0 Å². The topological polar surface area (TPSA) is 149 Å². The molecule has 0 bridgehead atoms. The average molecular weight is 604 g/mol. The van der Waals surface area contributed by atoms with Gasteiger partial charge in [-0.2, -0.15) is 0 Å². The fourth-order valence-electron chi connectivity index (χ4n) is 5.57. The number of hydrogen-bond donors (Lipinski definition) is 6. The molecule has 0 aliphatic carbocycles. The molecule has 0 aromatic rings. The Kier molecular flexibility index (Phi) is 23.8. The normalized spacial score (nSPS) is 24.0. The lowest BCUT2D eigenvalue weighted by Crippen LogP contribution is -2.60. The summed E-state index contributed by atoms with van der Waals surface area (Å²) in [5.74, 6) is -0.152. The van der Waals surface area contributed by atoms with Gasteiger partial charge in [-0.25, -0.2) is 0 Å². The first kappa shape index (κ1) is 39.2. The predicted molar refractivity (Wildman–Crippen MR) is 166 cm³/mol. The van der Waals surface area contributed by atoms with E-state index >= 15 is 0 Å². The second-order valence-electron chi connectivity index (χ2n) is 12.3. The van der Waals surface area contributed by atoms with E-state index in [9.17, 15) is 30.3 Å². The van der Waals surface area contributed by atoms with Gasteiger partial charge in [-0.3, -0.25) is 4.79 Å². The lowest BCUT2D eigenvalue weighted by Gasteiger charge is -2.40. The lowest BCUT2D eigenvalue weighted by molar-refractivity contribution is -0.302. The van der Waals surface area contributed by atoms with Crippen LogP contribution in [0.25, 0.3) is 0 Å². The highest BCUT2D eigenvalue weighted by atomic mass is 16.7. The van der Waals surface area contributed by atoms with Crippen molar-refractivity contribution < 1.29 is 39.8 Å². The Morgan fingerprint density at radius 1 is 0.714 bits per heavy atom. The molecule has 9 heteroatoms. The molecule has 1 heterocycles. The lowest BCUT2D eigenvalue weighted by atomic mass is 9.99. The number of aliphatic hydroxyl groups excluding tert-OH is 5. The van der Waals surface area contributed by atoms with Crippen LogP contribution in [0.5, 0.6) is 0 Å². The molecular weight excluding hydrogens is 538 g/mol. The molecular formula is C33H65NO8. The van der Waals surface area contributed by atoms with E-state index in [4.69, 9.17) is 9.47 Å². The van der Waals surface area contributed by atoms with E-state index in [1.807, 2.05) is 0 Å². The largest absolute Gasteiger partial charge is 0.394 e. The molecule has 1 fully saturated rings. The van der Waals surface area contributed by atoms with Crippen molar-refractivity contribution in [3.8, 4) is 0 Å². The summed E-state index contributed by atoms with van der Waals surface area (Å²) in [6.07, 6.45) is 15.8. The van der Waals surface area contributed by atoms with Crippen LogP contribution in [0, 0.1) is 0 Å². The van der Waals surface area contributed by atoms with Crippen LogP contribution in [0.2, 0.25) is 0 Å². The van der Waals surface area contributed by atoms with Gasteiger partial charge in [0.05, 0.1) is 25.4 Å². The number of carbonyl (C=O) groups is 1. The quantitative estimate of drug-likeness (QED) is 0.0728. The van der Waals surface area contributed by atoms with Crippen molar-refractivity contribution in [2.24, 2.45) is 0 Å². The maximum Gasteiger partial charge on any atom is 0.220 e. The third-order valence-corrected chi connectivity index (χ3v) is 8.46. The van der Waals surface area contributed by atoms with Crippen LogP contribution in [0.15, 0.2) is 0 Å². The summed E-state index contributed by atoms with van der Waals surface area (Å²) in [4.78, 5) is 12.7. The van der Waals surface area contributed by atoms with Crippen LogP contribution < -0.4 is 5.32 Å². The summed E-state index contributed by atoms with van der Waals surface area (Å²) in [5.41, 5.74) is 0. The van der Waals surface area contributed by atoms with Gasteiger partial charge < -0.3 is 40.3 Å². The van der Waals surface area contributed by atoms with E-state index in [1.165, 1.54) is 70.6 Å². The van der Waals surface area contributed by atoms with Gasteiger partial charge in [0.2, 0.25) is 5.91 Å². The molecule has 42 heavy (non-hydrogen) atoms. The molecule has 0 spiro atoms. The number of amides is 1. The second kappa shape index (κ2) is 25.5. The molecule has 0 aromatic heterocycles. The molecule has 0 saturated carbocycles. The summed E-state index contributed by atoms with van der Waals surface area (Å²) in [7, 11) is 0. The summed E-state index contributed by atoms with van der Waals surface area (Å²) in [6.45, 7) is 3.71. The van der Waals surface area contributed by atoms with Crippen molar-refractivity contribution in [2.45, 2.75) is 192 Å². The molecule has 7 atom stereocenters. The number of nitrogens with one attached hydrogen (secondary N) is 1. The molecule has 1 rings (SSSR count). The number of ether oxygens (including phenoxy) is 2. The zero-order valence-electron chi connectivity index (χ0n) is 26.8. The van der Waals surface area contributed by atoms with E-state index in [0.717, 1.165) is 51.4 Å². The highest BCUT2D eigenvalue weighted by Gasteiger charge is 2.44. The number of hydrogen-bond acceptors (Lipinski definition) is 8. The first-order valence-corrected chi connectivity index (χ1v) is 17.2. The summed E-state index contributed by atoms with van der Waals surface area (Å²) >= 11 is 0. The zero-order valence-corrected chi connectivity index (χ0v) is 26.8. The van der Waals surface area contributed by atoms with Crippen LogP contribution in [0.3, 0.4) is 0 Å². The van der Waals surface area contributed by atoms with Gasteiger partial charge in [-0.1, -0.05) is 129 Å². The Labute approximate surface area is 255 Å². The molecule has 1 amide bonds. The minimum Gasteiger partial charge on any atom is -0.394 e. The van der Waals surface area contributed by atoms with Crippen LogP contribution in [0.4, 0.5) is 0 Å². The standard InChI is InChI=1S/C33H65NO8/c1-3-5-7-9-10-11-12-13-14-15-16-17-19-21-23-29(37)34-26(27(36)22-20-18-8-6-4-2)25-41-33-32(40)31(39)30(38)28(24-35)42-33/h26-28,30-33,35-36,38-40H,3-25H2,1-2H3,(H,34,37). The number of unbranched alkanes of at least 4 members (excludes halogenated alkanes) is 17. The Morgan fingerprint density at radius 2 is 1.19 bits per heavy atom. The Hall–Kier alpha value is -0.810. The molecule has 1 aliphatic rings. The van der Waals surface area contributed by atoms with Crippen molar-refractivity contribution in [3.05, 3.63) is 0 Å². The highest BCUT2D eigenvalue weighted by Crippen LogP contribution is 2.23. The molecule has 1 saturated heterocycles. The van der Waals surface area contributed by atoms with Crippen molar-refractivity contribution in [3.63, 3.8) is 0 Å².